The van der Waals surface area contributed by atoms with E-state index >= 15 is 0 Å². The lowest BCUT2D eigenvalue weighted by Crippen LogP contribution is -2.08. The van der Waals surface area contributed by atoms with Crippen molar-refractivity contribution >= 4 is 0 Å². The van der Waals surface area contributed by atoms with Gasteiger partial charge in [-0.05, 0) is 18.3 Å². The Morgan fingerprint density at radius 2 is 2.00 bits per heavy atom. The van der Waals surface area contributed by atoms with Crippen LogP contribution in [0.5, 0.6) is 0 Å². The predicted octanol–water partition coefficient (Wildman–Crippen LogP) is 2.02. The molecule has 0 radical (unpaired) electrons. The third kappa shape index (κ3) is 9.20. The van der Waals surface area contributed by atoms with E-state index in [4.69, 9.17) is 0 Å². The van der Waals surface area contributed by atoms with Gasteiger partial charge in [0, 0.05) is 0 Å². The molecule has 0 aliphatic carbocycles. The summed E-state index contributed by atoms with van der Waals surface area (Å²) < 4.78 is 0. The first-order valence-corrected chi connectivity index (χ1v) is 3.69. The van der Waals surface area contributed by atoms with E-state index < -0.39 is 5.09 Å². The summed E-state index contributed by atoms with van der Waals surface area (Å²) in [5, 5.41) is 8.96. The minimum Gasteiger partial charge on any atom is -0.314 e. The Bertz CT molecular complexity index is 128. The molecule has 0 heterocycles. The quantitative estimate of drug-likeness (QED) is 0.360. The number of hydrogen-bond acceptors (Lipinski definition) is 3. The molecule has 0 saturated heterocycles. The van der Waals surface area contributed by atoms with Gasteiger partial charge in [-0.2, -0.15) is 0 Å². The highest BCUT2D eigenvalue weighted by atomic mass is 16.9. The Kier molecular flexibility index (Phi) is 3.85. The number of nitrogens with zero attached hydrogens (tertiary/aromatic N) is 1. The van der Waals surface area contributed by atoms with Crippen LogP contribution in [0.3, 0.4) is 0 Å². The minimum absolute atomic E-state index is 0.213. The van der Waals surface area contributed by atoms with E-state index in [1.54, 1.807) is 0 Å². The maximum absolute atomic E-state index is 9.71. The normalized spacial score (nSPS) is 11.2. The van der Waals surface area contributed by atoms with E-state index in [0.29, 0.717) is 0 Å². The predicted molar refractivity (Wildman–Crippen MR) is 41.6 cm³/mol. The Morgan fingerprint density at radius 3 is 2.36 bits per heavy atom. The van der Waals surface area contributed by atoms with Gasteiger partial charge in [-0.15, -0.1) is 10.1 Å². The maximum Gasteiger partial charge on any atom is 0.294 e. The molecule has 66 valence electrons. The molecule has 0 atom stereocenters. The van der Waals surface area contributed by atoms with E-state index in [9.17, 15) is 10.1 Å². The van der Waals surface area contributed by atoms with Crippen molar-refractivity contribution in [3.05, 3.63) is 10.1 Å². The molecule has 4 heteroatoms. The summed E-state index contributed by atoms with van der Waals surface area (Å²) in [6.07, 6.45) is 1.69. The summed E-state index contributed by atoms with van der Waals surface area (Å²) >= 11 is 0. The summed E-state index contributed by atoms with van der Waals surface area (Å²) in [7, 11) is 0. The maximum atomic E-state index is 9.71. The van der Waals surface area contributed by atoms with Gasteiger partial charge in [0.05, 0.1) is 6.61 Å². The van der Waals surface area contributed by atoms with E-state index in [0.717, 1.165) is 12.8 Å². The molecule has 0 aromatic carbocycles. The van der Waals surface area contributed by atoms with Crippen molar-refractivity contribution < 1.29 is 9.92 Å². The Hall–Kier alpha value is -0.800. The van der Waals surface area contributed by atoms with Crippen LogP contribution >= 0.6 is 0 Å². The number of rotatable bonds is 4. The van der Waals surface area contributed by atoms with Crippen LogP contribution < -0.4 is 0 Å². The molecular formula is C7H15NO3. The highest BCUT2D eigenvalue weighted by molar-refractivity contribution is 4.59. The fraction of sp³-hybridized carbons (Fsp3) is 1.00. The molecule has 0 unspecified atom stereocenters. The van der Waals surface area contributed by atoms with E-state index in [2.05, 4.69) is 25.6 Å². The molecule has 0 aromatic rings. The first-order valence-electron chi connectivity index (χ1n) is 3.69. The zero-order valence-electron chi connectivity index (χ0n) is 7.29. The monoisotopic (exact) mass is 161 g/mol. The van der Waals surface area contributed by atoms with Crippen molar-refractivity contribution in [1.29, 1.82) is 0 Å². The van der Waals surface area contributed by atoms with Gasteiger partial charge in [-0.3, -0.25) is 0 Å². The van der Waals surface area contributed by atoms with Gasteiger partial charge >= 0.3 is 0 Å². The van der Waals surface area contributed by atoms with Crippen molar-refractivity contribution in [3.63, 3.8) is 0 Å². The molecule has 0 bridgehead atoms. The van der Waals surface area contributed by atoms with Gasteiger partial charge in [0.15, 0.2) is 0 Å². The zero-order valence-corrected chi connectivity index (χ0v) is 7.29. The fourth-order valence-corrected chi connectivity index (χ4v) is 0.742. The molecule has 0 aromatic heterocycles. The molecule has 0 spiro atoms. The van der Waals surface area contributed by atoms with Crippen LogP contribution in [-0.4, -0.2) is 11.7 Å². The molecule has 0 fully saturated rings. The Balaban J connectivity index is 3.22. The Morgan fingerprint density at radius 1 is 1.45 bits per heavy atom. The third-order valence-corrected chi connectivity index (χ3v) is 1.27. The highest BCUT2D eigenvalue weighted by Gasteiger charge is 2.09. The lowest BCUT2D eigenvalue weighted by atomic mass is 9.91. The van der Waals surface area contributed by atoms with Gasteiger partial charge in [0.25, 0.3) is 5.09 Å². The van der Waals surface area contributed by atoms with E-state index in [-0.39, 0.29) is 12.0 Å². The molecule has 0 rings (SSSR count). The molecule has 0 saturated carbocycles. The molecule has 0 amide bonds. The van der Waals surface area contributed by atoms with Crippen molar-refractivity contribution in [1.82, 2.24) is 0 Å². The summed E-state index contributed by atoms with van der Waals surface area (Å²) in [5.74, 6) is 0. The van der Waals surface area contributed by atoms with E-state index in [1.807, 2.05) is 0 Å². The van der Waals surface area contributed by atoms with Crippen LogP contribution in [0.15, 0.2) is 0 Å². The molecular weight excluding hydrogens is 146 g/mol. The van der Waals surface area contributed by atoms with Crippen LogP contribution in [0, 0.1) is 15.5 Å². The molecule has 11 heavy (non-hydrogen) atoms. The molecule has 4 nitrogen and oxygen atoms in total. The topological polar surface area (TPSA) is 52.4 Å². The van der Waals surface area contributed by atoms with Crippen LogP contribution in [0.25, 0.3) is 0 Å². The summed E-state index contributed by atoms with van der Waals surface area (Å²) in [6.45, 7) is 6.50. The van der Waals surface area contributed by atoms with Crippen LogP contribution in [0.2, 0.25) is 0 Å². The third-order valence-electron chi connectivity index (χ3n) is 1.27. The summed E-state index contributed by atoms with van der Waals surface area (Å²) in [6, 6.07) is 0. The summed E-state index contributed by atoms with van der Waals surface area (Å²) in [5.41, 5.74) is 0.236. The lowest BCUT2D eigenvalue weighted by molar-refractivity contribution is -0.757. The van der Waals surface area contributed by atoms with Crippen molar-refractivity contribution in [3.8, 4) is 0 Å². The van der Waals surface area contributed by atoms with Crippen molar-refractivity contribution in [2.24, 2.45) is 5.41 Å². The molecule has 0 aliphatic heterocycles. The van der Waals surface area contributed by atoms with Crippen molar-refractivity contribution in [2.45, 2.75) is 33.6 Å². The second-order valence-electron chi connectivity index (χ2n) is 3.72. The van der Waals surface area contributed by atoms with Gasteiger partial charge in [-0.1, -0.05) is 20.8 Å². The smallest absolute Gasteiger partial charge is 0.294 e. The average Bonchev–Trinajstić information content (AvgIpc) is 1.78. The van der Waals surface area contributed by atoms with Gasteiger partial charge < -0.3 is 4.84 Å². The fourth-order valence-electron chi connectivity index (χ4n) is 0.742. The highest BCUT2D eigenvalue weighted by Crippen LogP contribution is 2.20. The average molecular weight is 161 g/mol. The van der Waals surface area contributed by atoms with Crippen LogP contribution in [0.4, 0.5) is 0 Å². The lowest BCUT2D eigenvalue weighted by Gasteiger charge is -2.16. The second kappa shape index (κ2) is 4.16. The van der Waals surface area contributed by atoms with Gasteiger partial charge in [0.1, 0.15) is 0 Å². The van der Waals surface area contributed by atoms with Gasteiger partial charge in [0.2, 0.25) is 0 Å². The zero-order chi connectivity index (χ0) is 8.91. The molecule has 0 N–H and O–H groups in total. The van der Waals surface area contributed by atoms with Crippen LogP contribution in [0.1, 0.15) is 33.6 Å². The van der Waals surface area contributed by atoms with Crippen molar-refractivity contribution in [2.75, 3.05) is 6.61 Å². The molecule has 0 aliphatic rings. The first-order chi connectivity index (χ1) is 4.92. The Labute approximate surface area is 66.6 Å². The standard InChI is InChI=1S/C7H15NO3/c1-7(2,3)5-4-6-11-8(9)10/h4-6H2,1-3H3. The largest absolute Gasteiger partial charge is 0.314 e. The van der Waals surface area contributed by atoms with Crippen LogP contribution in [-0.2, 0) is 4.84 Å². The first kappa shape index (κ1) is 10.2. The van der Waals surface area contributed by atoms with Gasteiger partial charge in [-0.25, -0.2) is 0 Å². The second-order valence-corrected chi connectivity index (χ2v) is 3.72. The summed E-state index contributed by atoms with van der Waals surface area (Å²) in [4.78, 5) is 13.9. The minimum atomic E-state index is -0.747. The number of hydrogen-bond donors (Lipinski definition) is 0. The van der Waals surface area contributed by atoms with E-state index in [1.165, 1.54) is 0 Å². The SMILES string of the molecule is CC(C)(C)CCCO[N+](=O)[O-].